The van der Waals surface area contributed by atoms with Crippen LogP contribution in [0.5, 0.6) is 5.75 Å². The lowest BCUT2D eigenvalue weighted by Gasteiger charge is -2.17. The van der Waals surface area contributed by atoms with Crippen LogP contribution in [0.3, 0.4) is 0 Å². The van der Waals surface area contributed by atoms with Crippen molar-refractivity contribution < 1.29 is 14.6 Å². The van der Waals surface area contributed by atoms with E-state index >= 15 is 0 Å². The summed E-state index contributed by atoms with van der Waals surface area (Å²) in [5, 5.41) is 9.45. The second kappa shape index (κ2) is 8.92. The summed E-state index contributed by atoms with van der Waals surface area (Å²) < 4.78 is 5.18. The molecule has 1 aromatic carbocycles. The molecule has 1 aliphatic carbocycles. The van der Waals surface area contributed by atoms with Crippen molar-refractivity contribution in [1.29, 1.82) is 0 Å². The first-order chi connectivity index (χ1) is 12.0. The first kappa shape index (κ1) is 18.6. The zero-order valence-corrected chi connectivity index (χ0v) is 14.7. The number of unbranched alkanes of at least 4 members (excludes halogenated alkanes) is 1. The first-order valence-electron chi connectivity index (χ1n) is 8.48. The number of methoxy groups -OCH3 is 1. The number of carboxylic acid groups (broad SMARTS) is 1. The molecule has 0 saturated heterocycles. The largest absolute Gasteiger partial charge is 0.497 e. The van der Waals surface area contributed by atoms with Crippen LogP contribution in [0.1, 0.15) is 31.7 Å². The van der Waals surface area contributed by atoms with Crippen molar-refractivity contribution in [2.75, 3.05) is 7.11 Å². The van der Waals surface area contributed by atoms with E-state index in [-0.39, 0.29) is 5.92 Å². The van der Waals surface area contributed by atoms with E-state index in [0.29, 0.717) is 17.7 Å². The number of hydrogen-bond acceptors (Lipinski definition) is 3. The Labute approximate surface area is 149 Å². The maximum absolute atomic E-state index is 11.5. The van der Waals surface area contributed by atoms with Crippen LogP contribution >= 0.6 is 0 Å². The average molecular weight is 339 g/mol. The van der Waals surface area contributed by atoms with Crippen LogP contribution in [0.15, 0.2) is 65.4 Å². The Balaban J connectivity index is 2.32. The lowest BCUT2D eigenvalue weighted by Crippen LogP contribution is -2.09. The second-order valence-corrected chi connectivity index (χ2v) is 6.05. The van der Waals surface area contributed by atoms with Crippen LogP contribution in [-0.2, 0) is 4.79 Å². The summed E-state index contributed by atoms with van der Waals surface area (Å²) >= 11 is 0. The molecule has 0 radical (unpaired) electrons. The quantitative estimate of drug-likeness (QED) is 0.726. The highest BCUT2D eigenvalue weighted by Crippen LogP contribution is 2.27. The van der Waals surface area contributed by atoms with Crippen molar-refractivity contribution in [3.8, 4) is 5.75 Å². The SMILES string of the molecule is CCCCC(=CC1C=CC(N)=CC1=Cc1ccc(OC)cc1)C(=O)O. The van der Waals surface area contributed by atoms with Crippen LogP contribution in [0.2, 0.25) is 0 Å². The van der Waals surface area contributed by atoms with Crippen LogP contribution in [0.25, 0.3) is 6.08 Å². The van der Waals surface area contributed by atoms with Gasteiger partial charge < -0.3 is 15.6 Å². The lowest BCUT2D eigenvalue weighted by atomic mass is 9.89. The van der Waals surface area contributed by atoms with E-state index in [0.717, 1.165) is 29.7 Å². The van der Waals surface area contributed by atoms with Crippen LogP contribution in [-0.4, -0.2) is 18.2 Å². The minimum Gasteiger partial charge on any atom is -0.497 e. The molecule has 0 fully saturated rings. The molecule has 1 unspecified atom stereocenters. The topological polar surface area (TPSA) is 72.5 Å². The molecule has 4 heteroatoms. The van der Waals surface area contributed by atoms with Crippen molar-refractivity contribution in [2.45, 2.75) is 26.2 Å². The summed E-state index contributed by atoms with van der Waals surface area (Å²) in [5.74, 6) is -0.157. The summed E-state index contributed by atoms with van der Waals surface area (Å²) in [4.78, 5) is 11.5. The predicted octanol–water partition coefficient (Wildman–Crippen LogP) is 4.31. The molecule has 1 atom stereocenters. The Morgan fingerprint density at radius 2 is 2.04 bits per heavy atom. The number of allylic oxidation sites excluding steroid dienone is 5. The third-order valence-electron chi connectivity index (χ3n) is 4.12. The van der Waals surface area contributed by atoms with Crippen molar-refractivity contribution >= 4 is 12.0 Å². The standard InChI is InChI=1S/C21H25NO3/c1-3-4-5-17(21(23)24)13-16-8-9-19(22)14-18(16)12-15-6-10-20(25-2)11-7-15/h6-14,16H,3-5,22H2,1-2H3,(H,23,24). The Morgan fingerprint density at radius 1 is 1.32 bits per heavy atom. The molecule has 0 heterocycles. The number of carbonyl (C=O) groups is 1. The summed E-state index contributed by atoms with van der Waals surface area (Å²) in [6.07, 6.45) is 11.9. The number of aliphatic carboxylic acids is 1. The van der Waals surface area contributed by atoms with Gasteiger partial charge in [0.2, 0.25) is 0 Å². The van der Waals surface area contributed by atoms with Gasteiger partial charge in [0.15, 0.2) is 0 Å². The van der Waals surface area contributed by atoms with Gasteiger partial charge in [0.25, 0.3) is 0 Å². The minimum atomic E-state index is -0.854. The number of hydrogen-bond donors (Lipinski definition) is 2. The van der Waals surface area contributed by atoms with Gasteiger partial charge >= 0.3 is 5.97 Å². The zero-order valence-electron chi connectivity index (χ0n) is 14.7. The van der Waals surface area contributed by atoms with Crippen molar-refractivity contribution in [1.82, 2.24) is 0 Å². The number of ether oxygens (including phenoxy) is 1. The number of carboxylic acids is 1. The zero-order chi connectivity index (χ0) is 18.2. The van der Waals surface area contributed by atoms with E-state index in [9.17, 15) is 9.90 Å². The summed E-state index contributed by atoms with van der Waals surface area (Å²) in [7, 11) is 1.63. The fourth-order valence-corrected chi connectivity index (χ4v) is 2.69. The first-order valence-corrected chi connectivity index (χ1v) is 8.48. The maximum Gasteiger partial charge on any atom is 0.331 e. The van der Waals surface area contributed by atoms with Gasteiger partial charge in [-0.2, -0.15) is 0 Å². The molecular weight excluding hydrogens is 314 g/mol. The van der Waals surface area contributed by atoms with E-state index in [4.69, 9.17) is 10.5 Å². The third-order valence-corrected chi connectivity index (χ3v) is 4.12. The molecule has 3 N–H and O–H groups in total. The summed E-state index contributed by atoms with van der Waals surface area (Å²) in [6, 6.07) is 7.72. The second-order valence-electron chi connectivity index (χ2n) is 6.05. The molecule has 0 saturated carbocycles. The Morgan fingerprint density at radius 3 is 2.64 bits per heavy atom. The van der Waals surface area contributed by atoms with E-state index in [2.05, 4.69) is 6.92 Å². The summed E-state index contributed by atoms with van der Waals surface area (Å²) in [6.45, 7) is 2.05. The van der Waals surface area contributed by atoms with Gasteiger partial charge in [0, 0.05) is 17.2 Å². The lowest BCUT2D eigenvalue weighted by molar-refractivity contribution is -0.132. The van der Waals surface area contributed by atoms with Gasteiger partial charge in [0.05, 0.1) is 7.11 Å². The van der Waals surface area contributed by atoms with Crippen molar-refractivity contribution in [3.63, 3.8) is 0 Å². The van der Waals surface area contributed by atoms with E-state index in [1.54, 1.807) is 7.11 Å². The molecule has 0 bridgehead atoms. The van der Waals surface area contributed by atoms with Gasteiger partial charge in [-0.25, -0.2) is 4.79 Å². The number of nitrogens with two attached hydrogens (primary N) is 1. The molecule has 1 aromatic rings. The fraction of sp³-hybridized carbons (Fsp3) is 0.286. The smallest absolute Gasteiger partial charge is 0.331 e. The average Bonchev–Trinajstić information content (AvgIpc) is 2.60. The van der Waals surface area contributed by atoms with Gasteiger partial charge in [-0.05, 0) is 48.3 Å². The van der Waals surface area contributed by atoms with Crippen molar-refractivity contribution in [2.24, 2.45) is 11.7 Å². The highest BCUT2D eigenvalue weighted by atomic mass is 16.5. The molecule has 0 aliphatic heterocycles. The Hall–Kier alpha value is -2.75. The van der Waals surface area contributed by atoms with E-state index in [1.807, 2.05) is 54.6 Å². The van der Waals surface area contributed by atoms with Crippen LogP contribution in [0, 0.1) is 5.92 Å². The minimum absolute atomic E-state index is 0.0997. The molecule has 25 heavy (non-hydrogen) atoms. The van der Waals surface area contributed by atoms with E-state index < -0.39 is 5.97 Å². The highest BCUT2D eigenvalue weighted by Gasteiger charge is 2.15. The number of rotatable bonds is 7. The van der Waals surface area contributed by atoms with Crippen LogP contribution < -0.4 is 10.5 Å². The predicted molar refractivity (Wildman–Crippen MR) is 101 cm³/mol. The third kappa shape index (κ3) is 5.38. The fourth-order valence-electron chi connectivity index (χ4n) is 2.69. The van der Waals surface area contributed by atoms with Gasteiger partial charge in [-0.3, -0.25) is 0 Å². The molecule has 1 aliphatic rings. The van der Waals surface area contributed by atoms with Gasteiger partial charge in [0.1, 0.15) is 5.75 Å². The number of benzene rings is 1. The monoisotopic (exact) mass is 339 g/mol. The molecule has 4 nitrogen and oxygen atoms in total. The Kier molecular flexibility index (Phi) is 6.63. The highest BCUT2D eigenvalue weighted by molar-refractivity contribution is 5.86. The molecule has 0 amide bonds. The maximum atomic E-state index is 11.5. The normalized spacial score (nSPS) is 19.0. The van der Waals surface area contributed by atoms with Gasteiger partial charge in [-0.15, -0.1) is 0 Å². The molecule has 0 aromatic heterocycles. The summed E-state index contributed by atoms with van der Waals surface area (Å²) in [5.41, 5.74) is 9.03. The molecule has 2 rings (SSSR count). The van der Waals surface area contributed by atoms with Gasteiger partial charge in [-0.1, -0.05) is 43.7 Å². The van der Waals surface area contributed by atoms with E-state index in [1.165, 1.54) is 0 Å². The van der Waals surface area contributed by atoms with Crippen molar-refractivity contribution in [3.05, 3.63) is 71.0 Å². The molecule has 0 spiro atoms. The Bertz CT molecular complexity index is 724. The van der Waals surface area contributed by atoms with Crippen LogP contribution in [0.4, 0.5) is 0 Å². The molecular formula is C21H25NO3. The molecule has 132 valence electrons.